The molecule has 150 valence electrons. The van der Waals surface area contributed by atoms with Crippen LogP contribution in [-0.2, 0) is 12.8 Å². The molecule has 5 nitrogen and oxygen atoms in total. The standard InChI is InChI=1S/C23H20N4OS2/c28-23(19-13-16-6-5-15-3-1-2-4-17(15)20(16)30-19)27-10-8-26(9-11-27)21-18-7-12-29-22(18)25-14-24-21/h1-4,7,12-14H,5-6,8-11H2. The first-order valence-electron chi connectivity index (χ1n) is 10.2. The highest BCUT2D eigenvalue weighted by molar-refractivity contribution is 7.17. The normalized spacial score (nSPS) is 15.9. The molecule has 1 amide bonds. The lowest BCUT2D eigenvalue weighted by Crippen LogP contribution is -2.49. The second-order valence-corrected chi connectivity index (χ2v) is 9.68. The van der Waals surface area contributed by atoms with Crippen molar-refractivity contribution in [2.45, 2.75) is 12.8 Å². The smallest absolute Gasteiger partial charge is 0.264 e. The van der Waals surface area contributed by atoms with Gasteiger partial charge in [0.25, 0.3) is 5.91 Å². The Labute approximate surface area is 182 Å². The summed E-state index contributed by atoms with van der Waals surface area (Å²) in [6.07, 6.45) is 3.72. The number of thiophene rings is 2. The number of nitrogens with zero attached hydrogens (tertiary/aromatic N) is 4. The molecule has 0 saturated carbocycles. The third-order valence-electron chi connectivity index (χ3n) is 6.05. The number of hydrogen-bond donors (Lipinski definition) is 0. The van der Waals surface area contributed by atoms with Crippen LogP contribution >= 0.6 is 22.7 Å². The van der Waals surface area contributed by atoms with E-state index in [1.165, 1.54) is 21.6 Å². The fraction of sp³-hybridized carbons (Fsp3) is 0.261. The van der Waals surface area contributed by atoms with Gasteiger partial charge in [0.05, 0.1) is 10.3 Å². The molecule has 4 heterocycles. The van der Waals surface area contributed by atoms with E-state index in [1.807, 2.05) is 4.90 Å². The number of anilines is 1. The third kappa shape index (κ3) is 2.92. The van der Waals surface area contributed by atoms with E-state index in [-0.39, 0.29) is 5.91 Å². The van der Waals surface area contributed by atoms with Gasteiger partial charge in [-0.3, -0.25) is 4.79 Å². The summed E-state index contributed by atoms with van der Waals surface area (Å²) in [6.45, 7) is 3.02. The van der Waals surface area contributed by atoms with Crippen LogP contribution in [0.4, 0.5) is 5.82 Å². The average Bonchev–Trinajstić information content (AvgIpc) is 3.46. The van der Waals surface area contributed by atoms with Gasteiger partial charge in [-0.2, -0.15) is 0 Å². The van der Waals surface area contributed by atoms with Crippen LogP contribution in [0.3, 0.4) is 0 Å². The highest BCUT2D eigenvalue weighted by atomic mass is 32.1. The molecule has 1 aliphatic heterocycles. The van der Waals surface area contributed by atoms with Crippen molar-refractivity contribution in [2.75, 3.05) is 31.1 Å². The van der Waals surface area contributed by atoms with Crippen molar-refractivity contribution in [3.8, 4) is 10.4 Å². The monoisotopic (exact) mass is 432 g/mol. The topological polar surface area (TPSA) is 49.3 Å². The zero-order chi connectivity index (χ0) is 20.1. The number of amides is 1. The zero-order valence-corrected chi connectivity index (χ0v) is 18.0. The van der Waals surface area contributed by atoms with Gasteiger partial charge in [-0.1, -0.05) is 24.3 Å². The maximum Gasteiger partial charge on any atom is 0.264 e. The van der Waals surface area contributed by atoms with Crippen molar-refractivity contribution in [3.05, 3.63) is 64.1 Å². The Bertz CT molecular complexity index is 1250. The predicted octanol–water partition coefficient (Wildman–Crippen LogP) is 4.48. The van der Waals surface area contributed by atoms with Crippen LogP contribution in [0.25, 0.3) is 20.7 Å². The second kappa shape index (κ2) is 7.18. The van der Waals surface area contributed by atoms with Crippen molar-refractivity contribution in [1.29, 1.82) is 0 Å². The van der Waals surface area contributed by atoms with Gasteiger partial charge in [-0.25, -0.2) is 9.97 Å². The molecule has 2 aliphatic rings. The minimum Gasteiger partial charge on any atom is -0.352 e. The second-order valence-electron chi connectivity index (χ2n) is 7.74. The largest absolute Gasteiger partial charge is 0.352 e. The number of piperazine rings is 1. The lowest BCUT2D eigenvalue weighted by Gasteiger charge is -2.35. The van der Waals surface area contributed by atoms with Gasteiger partial charge in [0.15, 0.2) is 0 Å². The first kappa shape index (κ1) is 18.0. The van der Waals surface area contributed by atoms with Gasteiger partial charge >= 0.3 is 0 Å². The molecule has 0 spiro atoms. The Kier molecular flexibility index (Phi) is 4.32. The molecular formula is C23H20N4OS2. The quantitative estimate of drug-likeness (QED) is 0.469. The van der Waals surface area contributed by atoms with Gasteiger partial charge in [0, 0.05) is 31.1 Å². The highest BCUT2D eigenvalue weighted by Gasteiger charge is 2.27. The van der Waals surface area contributed by atoms with Gasteiger partial charge in [0.2, 0.25) is 0 Å². The molecule has 1 aromatic carbocycles. The van der Waals surface area contributed by atoms with Crippen molar-refractivity contribution < 1.29 is 4.79 Å². The lowest BCUT2D eigenvalue weighted by atomic mass is 9.91. The Morgan fingerprint density at radius 3 is 2.70 bits per heavy atom. The van der Waals surface area contributed by atoms with Crippen LogP contribution in [-0.4, -0.2) is 47.0 Å². The summed E-state index contributed by atoms with van der Waals surface area (Å²) in [5.41, 5.74) is 4.02. The molecule has 3 aromatic heterocycles. The van der Waals surface area contributed by atoms with Gasteiger partial charge in [-0.05, 0) is 47.0 Å². The van der Waals surface area contributed by atoms with E-state index in [2.05, 4.69) is 56.6 Å². The zero-order valence-electron chi connectivity index (χ0n) is 16.4. The molecule has 0 N–H and O–H groups in total. The van der Waals surface area contributed by atoms with Crippen LogP contribution in [0.2, 0.25) is 0 Å². The van der Waals surface area contributed by atoms with E-state index in [9.17, 15) is 4.79 Å². The fourth-order valence-electron chi connectivity index (χ4n) is 4.48. The summed E-state index contributed by atoms with van der Waals surface area (Å²) in [4.78, 5) is 29.5. The summed E-state index contributed by atoms with van der Waals surface area (Å²) in [7, 11) is 0. The highest BCUT2D eigenvalue weighted by Crippen LogP contribution is 2.40. The molecule has 0 bridgehead atoms. The van der Waals surface area contributed by atoms with Gasteiger partial charge in [-0.15, -0.1) is 22.7 Å². The third-order valence-corrected chi connectivity index (χ3v) is 8.07. The molecule has 0 radical (unpaired) electrons. The number of aryl methyl sites for hydroxylation is 2. The average molecular weight is 433 g/mol. The minimum atomic E-state index is 0.162. The van der Waals surface area contributed by atoms with Crippen molar-refractivity contribution in [1.82, 2.24) is 14.9 Å². The first-order valence-corrected chi connectivity index (χ1v) is 11.9. The first-order chi connectivity index (χ1) is 14.8. The molecule has 6 rings (SSSR count). The van der Waals surface area contributed by atoms with Crippen molar-refractivity contribution >= 4 is 44.6 Å². The van der Waals surface area contributed by atoms with Crippen LogP contribution < -0.4 is 4.90 Å². The Balaban J connectivity index is 1.21. The van der Waals surface area contributed by atoms with E-state index in [0.717, 1.165) is 46.8 Å². The molecule has 30 heavy (non-hydrogen) atoms. The molecule has 1 fully saturated rings. The summed E-state index contributed by atoms with van der Waals surface area (Å²) in [6, 6.07) is 12.8. The summed E-state index contributed by atoms with van der Waals surface area (Å²) < 4.78 is 0. The van der Waals surface area contributed by atoms with E-state index < -0.39 is 0 Å². The number of carbonyl (C=O) groups is 1. The van der Waals surface area contributed by atoms with E-state index in [4.69, 9.17) is 0 Å². The molecule has 1 saturated heterocycles. The van der Waals surface area contributed by atoms with E-state index >= 15 is 0 Å². The van der Waals surface area contributed by atoms with Crippen molar-refractivity contribution in [3.63, 3.8) is 0 Å². The Hall–Kier alpha value is -2.77. The summed E-state index contributed by atoms with van der Waals surface area (Å²) >= 11 is 3.29. The van der Waals surface area contributed by atoms with Crippen LogP contribution in [0.1, 0.15) is 20.8 Å². The number of hydrogen-bond acceptors (Lipinski definition) is 6. The predicted molar refractivity (Wildman–Crippen MR) is 123 cm³/mol. The maximum absolute atomic E-state index is 13.2. The number of fused-ring (bicyclic) bond motifs is 4. The van der Waals surface area contributed by atoms with Crippen LogP contribution in [0, 0.1) is 0 Å². The minimum absolute atomic E-state index is 0.162. The fourth-order valence-corrected chi connectivity index (χ4v) is 6.45. The van der Waals surface area contributed by atoms with Crippen LogP contribution in [0.5, 0.6) is 0 Å². The lowest BCUT2D eigenvalue weighted by molar-refractivity contribution is 0.0751. The number of benzene rings is 1. The molecule has 0 unspecified atom stereocenters. The number of carbonyl (C=O) groups excluding carboxylic acids is 1. The SMILES string of the molecule is O=C(c1cc2c(s1)-c1ccccc1CC2)N1CCN(c2ncnc3sccc23)CC1. The summed E-state index contributed by atoms with van der Waals surface area (Å²) in [5.74, 6) is 1.14. The summed E-state index contributed by atoms with van der Waals surface area (Å²) in [5, 5.41) is 3.16. The van der Waals surface area contributed by atoms with Gasteiger partial charge in [0.1, 0.15) is 17.0 Å². The molecule has 0 atom stereocenters. The Morgan fingerprint density at radius 2 is 1.80 bits per heavy atom. The molecule has 1 aliphatic carbocycles. The number of rotatable bonds is 2. The maximum atomic E-state index is 13.2. The Morgan fingerprint density at radius 1 is 0.967 bits per heavy atom. The van der Waals surface area contributed by atoms with E-state index in [0.29, 0.717) is 13.1 Å². The van der Waals surface area contributed by atoms with Crippen LogP contribution in [0.15, 0.2) is 48.1 Å². The van der Waals surface area contributed by atoms with Gasteiger partial charge < -0.3 is 9.80 Å². The molecule has 4 aromatic rings. The molecule has 7 heteroatoms. The molecular weight excluding hydrogens is 412 g/mol. The van der Waals surface area contributed by atoms with Crippen molar-refractivity contribution in [2.24, 2.45) is 0 Å². The number of aromatic nitrogens is 2. The van der Waals surface area contributed by atoms with E-state index in [1.54, 1.807) is 29.0 Å².